The lowest BCUT2D eigenvalue weighted by Crippen LogP contribution is -2.09. The number of nitrogens with one attached hydrogen (secondary N) is 1. The van der Waals surface area contributed by atoms with Crippen molar-refractivity contribution in [1.29, 1.82) is 0 Å². The number of halogens is 2. The molecule has 0 heterocycles. The minimum atomic E-state index is -0.505. The molecule has 0 saturated heterocycles. The predicted molar refractivity (Wildman–Crippen MR) is 95.2 cm³/mol. The van der Waals surface area contributed by atoms with Crippen molar-refractivity contribution in [3.8, 4) is 17.2 Å². The number of rotatable bonds is 6. The number of ether oxygens (including phenoxy) is 3. The number of hydrogen-bond donors (Lipinski definition) is 1. The Morgan fingerprint density at radius 2 is 1.72 bits per heavy atom. The minimum Gasteiger partial charge on any atom is -0.495 e. The van der Waals surface area contributed by atoms with Gasteiger partial charge < -0.3 is 19.5 Å². The number of hydrogen-bond acceptors (Lipinski definition) is 4. The molecule has 0 unspecified atom stereocenters. The molecule has 2 rings (SSSR count). The highest BCUT2D eigenvalue weighted by Crippen LogP contribution is 2.35. The van der Waals surface area contributed by atoms with Gasteiger partial charge in [-0.3, -0.25) is 4.79 Å². The summed E-state index contributed by atoms with van der Waals surface area (Å²) in [5.74, 6) is 0.00896. The van der Waals surface area contributed by atoms with Crippen molar-refractivity contribution in [1.82, 2.24) is 0 Å². The Bertz CT molecular complexity index is 808. The van der Waals surface area contributed by atoms with Crippen molar-refractivity contribution in [3.63, 3.8) is 0 Å². The van der Waals surface area contributed by atoms with Gasteiger partial charge in [0.15, 0.2) is 11.6 Å². The van der Waals surface area contributed by atoms with E-state index in [2.05, 4.69) is 5.32 Å². The summed E-state index contributed by atoms with van der Waals surface area (Å²) in [5, 5.41) is 3.03. The summed E-state index contributed by atoms with van der Waals surface area (Å²) >= 11 is 6.02. The van der Waals surface area contributed by atoms with E-state index < -0.39 is 11.7 Å². The van der Waals surface area contributed by atoms with Crippen molar-refractivity contribution >= 4 is 29.3 Å². The molecular formula is C18H17ClFNO4. The van der Waals surface area contributed by atoms with Gasteiger partial charge in [0.2, 0.25) is 5.91 Å². The lowest BCUT2D eigenvalue weighted by Gasteiger charge is -2.12. The Morgan fingerprint density at radius 1 is 1.04 bits per heavy atom. The van der Waals surface area contributed by atoms with Gasteiger partial charge in [0, 0.05) is 18.2 Å². The summed E-state index contributed by atoms with van der Waals surface area (Å²) < 4.78 is 28.8. The second-order valence-electron chi connectivity index (χ2n) is 4.90. The normalized spacial score (nSPS) is 10.6. The molecule has 0 radical (unpaired) electrons. The molecule has 0 bridgehead atoms. The Morgan fingerprint density at radius 3 is 2.32 bits per heavy atom. The van der Waals surface area contributed by atoms with Crippen LogP contribution in [0.5, 0.6) is 17.2 Å². The maximum Gasteiger partial charge on any atom is 0.248 e. The molecule has 0 spiro atoms. The topological polar surface area (TPSA) is 56.8 Å². The number of carbonyl (C=O) groups excluding carboxylic acids is 1. The number of methoxy groups -OCH3 is 3. The van der Waals surface area contributed by atoms with Crippen molar-refractivity contribution in [3.05, 3.63) is 52.8 Å². The fraction of sp³-hybridized carbons (Fsp3) is 0.167. The zero-order valence-electron chi connectivity index (χ0n) is 13.9. The van der Waals surface area contributed by atoms with Crippen molar-refractivity contribution in [2.45, 2.75) is 0 Å². The summed E-state index contributed by atoms with van der Waals surface area (Å²) in [6, 6.07) is 7.49. The van der Waals surface area contributed by atoms with Gasteiger partial charge in [0.25, 0.3) is 0 Å². The molecule has 0 aliphatic heterocycles. The Kier molecular flexibility index (Phi) is 6.25. The van der Waals surface area contributed by atoms with Crippen LogP contribution in [0.25, 0.3) is 6.08 Å². The van der Waals surface area contributed by atoms with Gasteiger partial charge in [-0.2, -0.15) is 0 Å². The Labute approximate surface area is 150 Å². The molecule has 0 aliphatic carbocycles. The summed E-state index contributed by atoms with van der Waals surface area (Å²) in [4.78, 5) is 12.1. The maximum atomic E-state index is 13.6. The number of carbonyl (C=O) groups is 1. The van der Waals surface area contributed by atoms with Gasteiger partial charge in [-0.1, -0.05) is 17.7 Å². The Hall–Kier alpha value is -2.73. The third kappa shape index (κ3) is 4.64. The Balaban J connectivity index is 2.16. The second kappa shape index (κ2) is 8.39. The standard InChI is InChI=1S/C18H17ClFNO4/c1-23-15-6-4-11(8-13(15)20)5-7-18(22)21-14-10-16(24-2)12(19)9-17(14)25-3/h4-10H,1-3H3,(H,21,22)/b7-5+. The first-order valence-corrected chi connectivity index (χ1v) is 7.60. The first-order chi connectivity index (χ1) is 12.0. The van der Waals surface area contributed by atoms with Gasteiger partial charge >= 0.3 is 0 Å². The van der Waals surface area contributed by atoms with Crippen molar-refractivity contribution < 1.29 is 23.4 Å². The van der Waals surface area contributed by atoms with Crippen LogP contribution in [0.15, 0.2) is 36.4 Å². The summed E-state index contributed by atoms with van der Waals surface area (Å²) in [7, 11) is 4.32. The summed E-state index contributed by atoms with van der Waals surface area (Å²) in [6.45, 7) is 0. The lowest BCUT2D eigenvalue weighted by atomic mass is 10.2. The molecule has 1 amide bonds. The van der Waals surface area contributed by atoms with Crippen LogP contribution < -0.4 is 19.5 Å². The van der Waals surface area contributed by atoms with E-state index in [9.17, 15) is 9.18 Å². The van der Waals surface area contributed by atoms with E-state index in [0.717, 1.165) is 0 Å². The van der Waals surface area contributed by atoms with Gasteiger partial charge in [-0.15, -0.1) is 0 Å². The molecule has 0 fully saturated rings. The van der Waals surface area contributed by atoms with Crippen LogP contribution in [0.2, 0.25) is 5.02 Å². The predicted octanol–water partition coefficient (Wildman–Crippen LogP) is 4.16. The fourth-order valence-corrected chi connectivity index (χ4v) is 2.32. The molecule has 25 heavy (non-hydrogen) atoms. The molecule has 2 aromatic carbocycles. The van der Waals surface area contributed by atoms with Gasteiger partial charge in [0.05, 0.1) is 32.0 Å². The van der Waals surface area contributed by atoms with E-state index in [1.165, 1.54) is 45.6 Å². The van der Waals surface area contributed by atoms with E-state index >= 15 is 0 Å². The van der Waals surface area contributed by atoms with Crippen LogP contribution in [-0.4, -0.2) is 27.2 Å². The van der Waals surface area contributed by atoms with E-state index in [0.29, 0.717) is 27.8 Å². The molecule has 0 aliphatic rings. The first-order valence-electron chi connectivity index (χ1n) is 7.22. The number of benzene rings is 2. The molecule has 5 nitrogen and oxygen atoms in total. The molecule has 0 aromatic heterocycles. The van der Waals surface area contributed by atoms with Crippen molar-refractivity contribution in [2.75, 3.05) is 26.6 Å². The van der Waals surface area contributed by atoms with Gasteiger partial charge in [0.1, 0.15) is 11.5 Å². The summed E-state index contributed by atoms with van der Waals surface area (Å²) in [6.07, 6.45) is 2.76. The van der Waals surface area contributed by atoms with E-state index in [-0.39, 0.29) is 5.75 Å². The fourth-order valence-electron chi connectivity index (χ4n) is 2.09. The van der Waals surface area contributed by atoms with Crippen LogP contribution in [0.1, 0.15) is 5.56 Å². The van der Waals surface area contributed by atoms with Gasteiger partial charge in [-0.05, 0) is 23.8 Å². The third-order valence-electron chi connectivity index (χ3n) is 3.33. The molecular weight excluding hydrogens is 349 g/mol. The molecule has 7 heteroatoms. The molecule has 1 N–H and O–H groups in total. The molecule has 132 valence electrons. The third-order valence-corrected chi connectivity index (χ3v) is 3.63. The number of amides is 1. The zero-order chi connectivity index (χ0) is 18.4. The average molecular weight is 366 g/mol. The SMILES string of the molecule is COc1ccc(/C=C/C(=O)Nc2cc(OC)c(Cl)cc2OC)cc1F. The first kappa shape index (κ1) is 18.6. The highest BCUT2D eigenvalue weighted by molar-refractivity contribution is 6.32. The average Bonchev–Trinajstić information content (AvgIpc) is 2.61. The molecule has 2 aromatic rings. The maximum absolute atomic E-state index is 13.6. The van der Waals surface area contributed by atoms with Crippen LogP contribution in [0, 0.1) is 5.82 Å². The van der Waals surface area contributed by atoms with E-state index in [1.807, 2.05) is 0 Å². The monoisotopic (exact) mass is 365 g/mol. The van der Waals surface area contributed by atoms with E-state index in [1.54, 1.807) is 18.2 Å². The molecule has 0 saturated carbocycles. The summed E-state index contributed by atoms with van der Waals surface area (Å²) in [5.41, 5.74) is 0.924. The second-order valence-corrected chi connectivity index (χ2v) is 5.31. The van der Waals surface area contributed by atoms with Crippen LogP contribution in [-0.2, 0) is 4.79 Å². The van der Waals surface area contributed by atoms with Crippen LogP contribution in [0.3, 0.4) is 0 Å². The quantitative estimate of drug-likeness (QED) is 0.781. The molecule has 0 atom stereocenters. The zero-order valence-corrected chi connectivity index (χ0v) is 14.7. The highest BCUT2D eigenvalue weighted by Gasteiger charge is 2.11. The number of anilines is 1. The van der Waals surface area contributed by atoms with Crippen molar-refractivity contribution in [2.24, 2.45) is 0 Å². The minimum absolute atomic E-state index is 0.139. The lowest BCUT2D eigenvalue weighted by molar-refractivity contribution is -0.111. The van der Waals surface area contributed by atoms with Gasteiger partial charge in [-0.25, -0.2) is 4.39 Å². The van der Waals surface area contributed by atoms with E-state index in [4.69, 9.17) is 25.8 Å². The van der Waals surface area contributed by atoms with Crippen LogP contribution >= 0.6 is 11.6 Å². The highest BCUT2D eigenvalue weighted by atomic mass is 35.5. The van der Waals surface area contributed by atoms with Crippen LogP contribution in [0.4, 0.5) is 10.1 Å². The largest absolute Gasteiger partial charge is 0.495 e. The smallest absolute Gasteiger partial charge is 0.248 e.